The molecule has 3 aromatic rings. The van der Waals surface area contributed by atoms with Crippen molar-refractivity contribution in [1.29, 1.82) is 0 Å². The zero-order valence-corrected chi connectivity index (χ0v) is 16.7. The van der Waals surface area contributed by atoms with Crippen molar-refractivity contribution in [2.24, 2.45) is 0 Å². The topological polar surface area (TPSA) is 72.2 Å². The second-order valence-electron chi connectivity index (χ2n) is 7.85. The minimum absolute atomic E-state index is 0.0729. The number of carbonyl (C=O) groups is 1. The highest BCUT2D eigenvalue weighted by molar-refractivity contribution is 5.99. The van der Waals surface area contributed by atoms with Crippen LogP contribution in [-0.4, -0.2) is 27.0 Å². The monoisotopic (exact) mass is 430 g/mol. The first kappa shape index (κ1) is 21.2. The van der Waals surface area contributed by atoms with E-state index in [0.29, 0.717) is 22.3 Å². The largest absolute Gasteiger partial charge is 0.416 e. The van der Waals surface area contributed by atoms with E-state index in [0.717, 1.165) is 37.8 Å². The number of carbonyl (C=O) groups excluding carboxylic acids is 1. The lowest BCUT2D eigenvalue weighted by Crippen LogP contribution is -2.27. The zero-order valence-electron chi connectivity index (χ0n) is 16.7. The lowest BCUT2D eigenvalue weighted by Gasteiger charge is -2.18. The van der Waals surface area contributed by atoms with Gasteiger partial charge in [-0.1, -0.05) is 31.0 Å². The van der Waals surface area contributed by atoms with Gasteiger partial charge in [0.25, 0.3) is 5.56 Å². The Morgan fingerprint density at radius 2 is 1.77 bits per heavy atom. The second-order valence-corrected chi connectivity index (χ2v) is 7.85. The van der Waals surface area contributed by atoms with Crippen LogP contribution in [0, 0.1) is 0 Å². The number of hydrogen-bond acceptors (Lipinski definition) is 4. The Morgan fingerprint density at radius 1 is 1.10 bits per heavy atom. The fourth-order valence-corrected chi connectivity index (χ4v) is 4.13. The zero-order chi connectivity index (χ0) is 22.2. The Morgan fingerprint density at radius 3 is 2.39 bits per heavy atom. The summed E-state index contributed by atoms with van der Waals surface area (Å²) in [7, 11) is 0. The Bertz CT molecular complexity index is 1180. The molecule has 1 aliphatic carbocycles. The van der Waals surface area contributed by atoms with E-state index in [1.165, 1.54) is 34.9 Å². The number of aliphatic hydroxyl groups excluding tert-OH is 1. The number of rotatable bonds is 5. The van der Waals surface area contributed by atoms with Crippen LogP contribution in [0.1, 0.15) is 58.9 Å². The van der Waals surface area contributed by atoms with Crippen molar-refractivity contribution in [1.82, 2.24) is 9.55 Å². The number of halogens is 3. The van der Waals surface area contributed by atoms with E-state index in [-0.39, 0.29) is 23.6 Å². The minimum Gasteiger partial charge on any atom is -0.388 e. The molecule has 1 aliphatic rings. The van der Waals surface area contributed by atoms with Gasteiger partial charge in [-0.2, -0.15) is 13.2 Å². The van der Waals surface area contributed by atoms with Gasteiger partial charge in [-0.3, -0.25) is 14.2 Å². The maximum absolute atomic E-state index is 13.3. The molecule has 1 heterocycles. The van der Waals surface area contributed by atoms with E-state index in [2.05, 4.69) is 0 Å². The molecule has 0 unspecified atom stereocenters. The Kier molecular flexibility index (Phi) is 5.66. The molecule has 8 heteroatoms. The molecule has 0 amide bonds. The molecule has 0 bridgehead atoms. The van der Waals surface area contributed by atoms with Crippen LogP contribution in [0.2, 0.25) is 0 Å². The average Bonchev–Trinajstić information content (AvgIpc) is 3.29. The summed E-state index contributed by atoms with van der Waals surface area (Å²) in [6, 6.07) is 9.27. The smallest absolute Gasteiger partial charge is 0.388 e. The summed E-state index contributed by atoms with van der Waals surface area (Å²) in [5.41, 5.74) is 0.198. The third-order valence-electron chi connectivity index (χ3n) is 5.79. The summed E-state index contributed by atoms with van der Waals surface area (Å²) in [6.07, 6.45) is -0.636. The first-order chi connectivity index (χ1) is 14.8. The van der Waals surface area contributed by atoms with Crippen molar-refractivity contribution >= 4 is 16.7 Å². The van der Waals surface area contributed by atoms with E-state index < -0.39 is 24.1 Å². The van der Waals surface area contributed by atoms with Crippen molar-refractivity contribution in [2.45, 2.75) is 44.3 Å². The Balaban J connectivity index is 1.81. The predicted octanol–water partition coefficient (Wildman–Crippen LogP) is 4.30. The molecule has 1 fully saturated rings. The van der Waals surface area contributed by atoms with Crippen LogP contribution in [-0.2, 0) is 12.7 Å². The van der Waals surface area contributed by atoms with Crippen LogP contribution in [0.3, 0.4) is 0 Å². The SMILES string of the molecule is O=C(CO)c1ccc2c(=O)n(Cc3ccc(C(F)(F)F)cc3)c(C3CCCC3)nc2c1. The van der Waals surface area contributed by atoms with Gasteiger partial charge in [-0.25, -0.2) is 4.98 Å². The molecule has 0 spiro atoms. The van der Waals surface area contributed by atoms with E-state index >= 15 is 0 Å². The number of aromatic nitrogens is 2. The number of Topliss-reactive ketones (excluding diaryl/α,β-unsaturated/α-hetero) is 1. The molecule has 1 saturated carbocycles. The molecule has 0 radical (unpaired) electrons. The summed E-state index contributed by atoms with van der Waals surface area (Å²) in [6.45, 7) is -0.519. The number of aliphatic hydroxyl groups is 1. The van der Waals surface area contributed by atoms with Gasteiger partial charge in [-0.15, -0.1) is 0 Å². The second kappa shape index (κ2) is 8.26. The standard InChI is InChI=1S/C23H21F3N2O3/c24-23(25,26)17-8-5-14(6-9-17)12-28-21(15-3-1-2-4-15)27-19-11-16(20(30)13-29)7-10-18(19)22(28)31/h5-11,15,29H,1-4,12-13H2. The molecule has 0 aliphatic heterocycles. The van der Waals surface area contributed by atoms with Gasteiger partial charge in [0, 0.05) is 11.5 Å². The van der Waals surface area contributed by atoms with Gasteiger partial charge >= 0.3 is 6.18 Å². The van der Waals surface area contributed by atoms with E-state index in [1.54, 1.807) is 0 Å². The molecule has 162 valence electrons. The molecule has 4 rings (SSSR count). The first-order valence-corrected chi connectivity index (χ1v) is 10.1. The highest BCUT2D eigenvalue weighted by Gasteiger charge is 2.30. The Hall–Kier alpha value is -3.00. The molecule has 5 nitrogen and oxygen atoms in total. The van der Waals surface area contributed by atoms with Crippen LogP contribution < -0.4 is 5.56 Å². The number of fused-ring (bicyclic) bond motifs is 1. The quantitative estimate of drug-likeness (QED) is 0.613. The van der Waals surface area contributed by atoms with Crippen LogP contribution in [0.15, 0.2) is 47.3 Å². The molecule has 0 saturated heterocycles. The van der Waals surface area contributed by atoms with Crippen LogP contribution in [0.25, 0.3) is 10.9 Å². The summed E-state index contributed by atoms with van der Waals surface area (Å²) in [5.74, 6) is 0.201. The molecular weight excluding hydrogens is 409 g/mol. The summed E-state index contributed by atoms with van der Waals surface area (Å²) < 4.78 is 40.1. The number of ketones is 1. The summed E-state index contributed by atoms with van der Waals surface area (Å²) >= 11 is 0. The molecule has 31 heavy (non-hydrogen) atoms. The van der Waals surface area contributed by atoms with Gasteiger partial charge in [-0.05, 0) is 42.7 Å². The number of nitrogens with zero attached hydrogens (tertiary/aromatic N) is 2. The van der Waals surface area contributed by atoms with Crippen molar-refractivity contribution in [3.8, 4) is 0 Å². The summed E-state index contributed by atoms with van der Waals surface area (Å²) in [5, 5.41) is 9.44. The highest BCUT2D eigenvalue weighted by Crippen LogP contribution is 2.34. The van der Waals surface area contributed by atoms with Gasteiger partial charge in [0.05, 0.1) is 23.0 Å². The molecule has 2 aromatic carbocycles. The van der Waals surface area contributed by atoms with Crippen LogP contribution in [0.4, 0.5) is 13.2 Å². The van der Waals surface area contributed by atoms with Crippen LogP contribution in [0.5, 0.6) is 0 Å². The maximum Gasteiger partial charge on any atom is 0.416 e. The predicted molar refractivity (Wildman–Crippen MR) is 109 cm³/mol. The normalized spacial score (nSPS) is 15.0. The average molecular weight is 430 g/mol. The third-order valence-corrected chi connectivity index (χ3v) is 5.79. The van der Waals surface area contributed by atoms with E-state index in [1.807, 2.05) is 0 Å². The third kappa shape index (κ3) is 4.25. The van der Waals surface area contributed by atoms with Crippen molar-refractivity contribution < 1.29 is 23.1 Å². The Labute approximate surface area is 176 Å². The molecular formula is C23H21F3N2O3. The minimum atomic E-state index is -4.42. The lowest BCUT2D eigenvalue weighted by molar-refractivity contribution is -0.137. The van der Waals surface area contributed by atoms with Gasteiger partial charge in [0.15, 0.2) is 5.78 Å². The van der Waals surface area contributed by atoms with Crippen molar-refractivity contribution in [3.05, 3.63) is 75.3 Å². The van der Waals surface area contributed by atoms with Gasteiger partial charge in [0.1, 0.15) is 12.4 Å². The fraction of sp³-hybridized carbons (Fsp3) is 0.348. The number of hydrogen-bond donors (Lipinski definition) is 1. The van der Waals surface area contributed by atoms with E-state index in [9.17, 15) is 22.8 Å². The van der Waals surface area contributed by atoms with Crippen LogP contribution >= 0.6 is 0 Å². The lowest BCUT2D eigenvalue weighted by atomic mass is 10.0. The maximum atomic E-state index is 13.3. The van der Waals surface area contributed by atoms with Crippen molar-refractivity contribution in [2.75, 3.05) is 6.61 Å². The summed E-state index contributed by atoms with van der Waals surface area (Å²) in [4.78, 5) is 29.8. The fourth-order valence-electron chi connectivity index (χ4n) is 4.13. The first-order valence-electron chi connectivity index (χ1n) is 10.1. The van der Waals surface area contributed by atoms with Gasteiger partial charge < -0.3 is 5.11 Å². The molecule has 0 atom stereocenters. The van der Waals surface area contributed by atoms with Crippen molar-refractivity contribution in [3.63, 3.8) is 0 Å². The van der Waals surface area contributed by atoms with Gasteiger partial charge in [0.2, 0.25) is 0 Å². The number of alkyl halides is 3. The molecule has 1 N–H and O–H groups in total. The van der Waals surface area contributed by atoms with E-state index in [4.69, 9.17) is 10.1 Å². The number of benzene rings is 2. The highest BCUT2D eigenvalue weighted by atomic mass is 19.4. The molecule has 1 aromatic heterocycles.